The molecule has 20 heavy (non-hydrogen) atoms. The van der Waals surface area contributed by atoms with E-state index in [0.717, 1.165) is 16.8 Å². The van der Waals surface area contributed by atoms with Gasteiger partial charge >= 0.3 is 0 Å². The van der Waals surface area contributed by atoms with Crippen molar-refractivity contribution >= 4 is 5.82 Å². The molecule has 0 aliphatic heterocycles. The van der Waals surface area contributed by atoms with Crippen LogP contribution in [0.2, 0.25) is 0 Å². The molecule has 0 atom stereocenters. The number of anilines is 1. The van der Waals surface area contributed by atoms with Crippen LogP contribution in [-0.4, -0.2) is 19.5 Å². The molecule has 5 nitrogen and oxygen atoms in total. The quantitative estimate of drug-likeness (QED) is 0.772. The van der Waals surface area contributed by atoms with Crippen molar-refractivity contribution in [3.8, 4) is 22.9 Å². The monoisotopic (exact) mass is 265 g/mol. The van der Waals surface area contributed by atoms with Gasteiger partial charge in [-0.1, -0.05) is 30.3 Å². The molecule has 5 heteroatoms. The van der Waals surface area contributed by atoms with Crippen LogP contribution in [0.5, 0.6) is 0 Å². The predicted molar refractivity (Wildman–Crippen MR) is 78.8 cm³/mol. The Labute approximate surface area is 117 Å². The Hall–Kier alpha value is -2.69. The Balaban J connectivity index is 2.21. The van der Waals surface area contributed by atoms with E-state index in [4.69, 9.17) is 5.73 Å². The molecule has 100 valence electrons. The number of hydrogen-bond donors (Lipinski definition) is 1. The first kappa shape index (κ1) is 12.3. The van der Waals surface area contributed by atoms with E-state index in [2.05, 4.69) is 15.0 Å². The number of nitrogen functional groups attached to an aromatic ring is 1. The Morgan fingerprint density at radius 2 is 1.85 bits per heavy atom. The van der Waals surface area contributed by atoms with Gasteiger partial charge in [0.05, 0.1) is 5.69 Å². The SMILES string of the molecule is Cc1c(N)nc(-c2nccn2C)nc1-c1ccccc1. The zero-order chi connectivity index (χ0) is 14.1. The highest BCUT2D eigenvalue weighted by Crippen LogP contribution is 2.26. The van der Waals surface area contributed by atoms with Gasteiger partial charge < -0.3 is 10.3 Å². The minimum absolute atomic E-state index is 0.483. The highest BCUT2D eigenvalue weighted by Gasteiger charge is 2.14. The summed E-state index contributed by atoms with van der Waals surface area (Å²) < 4.78 is 1.87. The van der Waals surface area contributed by atoms with Gasteiger partial charge in [-0.05, 0) is 6.92 Å². The van der Waals surface area contributed by atoms with E-state index in [1.807, 2.05) is 55.1 Å². The molecule has 2 heterocycles. The van der Waals surface area contributed by atoms with Crippen molar-refractivity contribution in [2.45, 2.75) is 6.92 Å². The first-order valence-electron chi connectivity index (χ1n) is 6.34. The maximum Gasteiger partial charge on any atom is 0.198 e. The van der Waals surface area contributed by atoms with Crippen molar-refractivity contribution in [3.63, 3.8) is 0 Å². The number of nitrogens with zero attached hydrogens (tertiary/aromatic N) is 4. The van der Waals surface area contributed by atoms with Gasteiger partial charge in [-0.25, -0.2) is 15.0 Å². The molecule has 0 fully saturated rings. The molecular weight excluding hydrogens is 250 g/mol. The van der Waals surface area contributed by atoms with Crippen LogP contribution in [0.15, 0.2) is 42.7 Å². The van der Waals surface area contributed by atoms with Gasteiger partial charge in [0.15, 0.2) is 11.6 Å². The lowest BCUT2D eigenvalue weighted by Crippen LogP contribution is -2.04. The second-order valence-electron chi connectivity index (χ2n) is 4.63. The van der Waals surface area contributed by atoms with E-state index in [-0.39, 0.29) is 0 Å². The van der Waals surface area contributed by atoms with Crippen LogP contribution in [0.25, 0.3) is 22.9 Å². The molecule has 1 aromatic carbocycles. The van der Waals surface area contributed by atoms with E-state index >= 15 is 0 Å². The van der Waals surface area contributed by atoms with Gasteiger partial charge in [-0.3, -0.25) is 0 Å². The van der Waals surface area contributed by atoms with Crippen LogP contribution in [0, 0.1) is 6.92 Å². The van der Waals surface area contributed by atoms with Gasteiger partial charge in [0.1, 0.15) is 5.82 Å². The van der Waals surface area contributed by atoms with Gasteiger partial charge in [0.2, 0.25) is 0 Å². The summed E-state index contributed by atoms with van der Waals surface area (Å²) >= 11 is 0. The second-order valence-corrected chi connectivity index (χ2v) is 4.63. The molecule has 0 aliphatic carbocycles. The van der Waals surface area contributed by atoms with E-state index in [1.165, 1.54) is 0 Å². The number of imidazole rings is 1. The Morgan fingerprint density at radius 1 is 1.10 bits per heavy atom. The summed E-state index contributed by atoms with van der Waals surface area (Å²) in [6, 6.07) is 9.96. The highest BCUT2D eigenvalue weighted by molar-refractivity contribution is 5.69. The Kier molecular flexibility index (Phi) is 2.95. The summed E-state index contributed by atoms with van der Waals surface area (Å²) in [7, 11) is 1.91. The fourth-order valence-electron chi connectivity index (χ4n) is 2.09. The minimum atomic E-state index is 0.483. The molecule has 0 saturated carbocycles. The zero-order valence-electron chi connectivity index (χ0n) is 11.4. The standard InChI is InChI=1S/C15H15N5/c1-10-12(11-6-4-3-5-7-11)18-14(19-13(10)16)15-17-8-9-20(15)2/h3-9H,1-2H3,(H2,16,18,19). The van der Waals surface area contributed by atoms with Crippen LogP contribution in [0.3, 0.4) is 0 Å². The molecule has 2 aromatic heterocycles. The molecular formula is C15H15N5. The lowest BCUT2D eigenvalue weighted by Gasteiger charge is -2.10. The fraction of sp³-hybridized carbons (Fsp3) is 0.133. The minimum Gasteiger partial charge on any atom is -0.383 e. The predicted octanol–water partition coefficient (Wildman–Crippen LogP) is 2.43. The zero-order valence-corrected chi connectivity index (χ0v) is 11.4. The Morgan fingerprint density at radius 3 is 2.50 bits per heavy atom. The number of nitrogens with two attached hydrogens (primary N) is 1. The second kappa shape index (κ2) is 4.77. The molecule has 0 unspecified atom stereocenters. The molecule has 3 aromatic rings. The van der Waals surface area contributed by atoms with Crippen molar-refractivity contribution in [1.29, 1.82) is 0 Å². The lowest BCUT2D eigenvalue weighted by molar-refractivity contribution is 0.906. The average molecular weight is 265 g/mol. The van der Waals surface area contributed by atoms with Crippen LogP contribution in [0.4, 0.5) is 5.82 Å². The van der Waals surface area contributed by atoms with Crippen molar-refractivity contribution < 1.29 is 0 Å². The first-order valence-corrected chi connectivity index (χ1v) is 6.34. The third-order valence-corrected chi connectivity index (χ3v) is 3.25. The van der Waals surface area contributed by atoms with Crippen LogP contribution >= 0.6 is 0 Å². The number of benzene rings is 1. The summed E-state index contributed by atoms with van der Waals surface area (Å²) in [5.41, 5.74) is 8.78. The first-order chi connectivity index (χ1) is 9.66. The van der Waals surface area contributed by atoms with Crippen molar-refractivity contribution in [3.05, 3.63) is 48.3 Å². The lowest BCUT2D eigenvalue weighted by atomic mass is 10.1. The topological polar surface area (TPSA) is 69.6 Å². The summed E-state index contributed by atoms with van der Waals surface area (Å²) in [6.07, 6.45) is 3.58. The number of rotatable bonds is 2. The molecule has 0 amide bonds. The normalized spacial score (nSPS) is 10.7. The number of aryl methyl sites for hydroxylation is 1. The molecule has 0 bridgehead atoms. The van der Waals surface area contributed by atoms with Gasteiger partial charge in [-0.2, -0.15) is 0 Å². The largest absolute Gasteiger partial charge is 0.383 e. The maximum absolute atomic E-state index is 6.03. The van der Waals surface area contributed by atoms with Gasteiger partial charge in [0, 0.05) is 30.6 Å². The number of aromatic nitrogens is 4. The van der Waals surface area contributed by atoms with E-state index in [0.29, 0.717) is 17.5 Å². The van der Waals surface area contributed by atoms with Gasteiger partial charge in [0.25, 0.3) is 0 Å². The smallest absolute Gasteiger partial charge is 0.198 e. The molecule has 3 rings (SSSR count). The third-order valence-electron chi connectivity index (χ3n) is 3.25. The molecule has 0 radical (unpaired) electrons. The summed E-state index contributed by atoms with van der Waals surface area (Å²) in [5, 5.41) is 0. The number of hydrogen-bond acceptors (Lipinski definition) is 4. The average Bonchev–Trinajstić information content (AvgIpc) is 2.89. The van der Waals surface area contributed by atoms with Crippen molar-refractivity contribution in [1.82, 2.24) is 19.5 Å². The Bertz CT molecular complexity index is 746. The molecule has 0 aliphatic rings. The summed E-state index contributed by atoms with van der Waals surface area (Å²) in [6.45, 7) is 1.93. The van der Waals surface area contributed by atoms with Gasteiger partial charge in [-0.15, -0.1) is 0 Å². The van der Waals surface area contributed by atoms with E-state index in [1.54, 1.807) is 6.20 Å². The van der Waals surface area contributed by atoms with Crippen LogP contribution < -0.4 is 5.73 Å². The molecule has 0 spiro atoms. The van der Waals surface area contributed by atoms with E-state index in [9.17, 15) is 0 Å². The molecule has 2 N–H and O–H groups in total. The summed E-state index contributed by atoms with van der Waals surface area (Å²) in [5.74, 6) is 1.73. The van der Waals surface area contributed by atoms with Crippen LogP contribution in [-0.2, 0) is 7.05 Å². The maximum atomic E-state index is 6.03. The van der Waals surface area contributed by atoms with Crippen molar-refractivity contribution in [2.24, 2.45) is 7.05 Å². The highest BCUT2D eigenvalue weighted by atomic mass is 15.1. The third kappa shape index (κ3) is 2.03. The molecule has 0 saturated heterocycles. The van der Waals surface area contributed by atoms with E-state index < -0.39 is 0 Å². The summed E-state index contributed by atoms with van der Waals surface area (Å²) in [4.78, 5) is 13.3. The fourth-order valence-corrected chi connectivity index (χ4v) is 2.09. The van der Waals surface area contributed by atoms with Crippen molar-refractivity contribution in [2.75, 3.05) is 5.73 Å². The van der Waals surface area contributed by atoms with Crippen LogP contribution in [0.1, 0.15) is 5.56 Å².